The van der Waals surface area contributed by atoms with E-state index in [1.54, 1.807) is 25.3 Å². The molecule has 2 aromatic carbocycles. The van der Waals surface area contributed by atoms with Crippen LogP contribution in [0, 0.1) is 0 Å². The molecule has 0 radical (unpaired) electrons. The molecule has 134 valence electrons. The van der Waals surface area contributed by atoms with Crippen LogP contribution in [0.15, 0.2) is 46.3 Å². The second kappa shape index (κ2) is 8.07. The van der Waals surface area contributed by atoms with Gasteiger partial charge in [0.15, 0.2) is 5.13 Å². The number of amides is 1. The number of carbonyl (C=O) groups excluding carboxylic acids is 1. The average molecular weight is 454 g/mol. The molecular formula is C18H14BrClN2O3S. The summed E-state index contributed by atoms with van der Waals surface area (Å²) in [5.41, 5.74) is 2.02. The minimum absolute atomic E-state index is 0.332. The zero-order valence-corrected chi connectivity index (χ0v) is 17.0. The Kier molecular flexibility index (Phi) is 5.80. The van der Waals surface area contributed by atoms with Gasteiger partial charge in [-0.3, -0.25) is 10.1 Å². The summed E-state index contributed by atoms with van der Waals surface area (Å²) in [6, 6.07) is 10.6. The molecule has 1 heterocycles. The molecule has 8 heteroatoms. The maximum atomic E-state index is 12.5. The Morgan fingerprint density at radius 1 is 1.15 bits per heavy atom. The first-order valence-electron chi connectivity index (χ1n) is 7.46. The van der Waals surface area contributed by atoms with Crippen molar-refractivity contribution in [3.05, 3.63) is 56.8 Å². The van der Waals surface area contributed by atoms with Crippen LogP contribution in [-0.2, 0) is 0 Å². The van der Waals surface area contributed by atoms with Crippen molar-refractivity contribution in [1.29, 1.82) is 0 Å². The Morgan fingerprint density at radius 2 is 1.88 bits per heavy atom. The van der Waals surface area contributed by atoms with Crippen LogP contribution in [0.5, 0.6) is 11.5 Å². The van der Waals surface area contributed by atoms with E-state index >= 15 is 0 Å². The number of ether oxygens (including phenoxy) is 2. The number of benzene rings is 2. The molecular weight excluding hydrogens is 440 g/mol. The van der Waals surface area contributed by atoms with Crippen molar-refractivity contribution in [3.8, 4) is 22.8 Å². The van der Waals surface area contributed by atoms with Crippen molar-refractivity contribution < 1.29 is 14.3 Å². The van der Waals surface area contributed by atoms with Crippen molar-refractivity contribution in [1.82, 2.24) is 4.98 Å². The summed E-state index contributed by atoms with van der Waals surface area (Å²) in [5, 5.41) is 5.60. The number of halogens is 2. The molecule has 3 aromatic rings. The van der Waals surface area contributed by atoms with Crippen LogP contribution in [0.3, 0.4) is 0 Å². The van der Waals surface area contributed by atoms with Gasteiger partial charge >= 0.3 is 0 Å². The van der Waals surface area contributed by atoms with Gasteiger partial charge in [0, 0.05) is 16.0 Å². The first kappa shape index (κ1) is 18.7. The monoisotopic (exact) mass is 452 g/mol. The fourth-order valence-electron chi connectivity index (χ4n) is 2.31. The molecule has 0 spiro atoms. The Morgan fingerprint density at radius 3 is 2.58 bits per heavy atom. The lowest BCUT2D eigenvalue weighted by Crippen LogP contribution is -2.13. The topological polar surface area (TPSA) is 60.5 Å². The summed E-state index contributed by atoms with van der Waals surface area (Å²) in [6.07, 6.45) is 0. The minimum atomic E-state index is -0.332. The molecule has 0 saturated heterocycles. The van der Waals surface area contributed by atoms with Gasteiger partial charge in [0.1, 0.15) is 11.5 Å². The van der Waals surface area contributed by atoms with E-state index in [9.17, 15) is 4.79 Å². The smallest absolute Gasteiger partial charge is 0.261 e. The second-order valence-corrected chi connectivity index (χ2v) is 7.33. The normalized spacial score (nSPS) is 10.5. The molecule has 0 aliphatic carbocycles. The number of hydrogen-bond acceptors (Lipinski definition) is 5. The Bertz CT molecular complexity index is 961. The number of anilines is 1. The van der Waals surface area contributed by atoms with Gasteiger partial charge < -0.3 is 9.47 Å². The second-order valence-electron chi connectivity index (χ2n) is 5.19. The SMILES string of the molecule is COc1ccc(-c2csc(NC(=O)c3cc(Cl)ccc3OC)n2)cc1Br. The Balaban J connectivity index is 1.81. The first-order chi connectivity index (χ1) is 12.5. The van der Waals surface area contributed by atoms with E-state index in [4.69, 9.17) is 21.1 Å². The molecule has 0 bridgehead atoms. The third kappa shape index (κ3) is 4.00. The van der Waals surface area contributed by atoms with Crippen LogP contribution < -0.4 is 14.8 Å². The lowest BCUT2D eigenvalue weighted by molar-refractivity contribution is 0.102. The molecule has 0 aliphatic rings. The van der Waals surface area contributed by atoms with E-state index in [0.29, 0.717) is 21.5 Å². The van der Waals surface area contributed by atoms with Gasteiger partial charge in [-0.05, 0) is 52.3 Å². The van der Waals surface area contributed by atoms with Gasteiger partial charge in [-0.1, -0.05) is 11.6 Å². The third-order valence-electron chi connectivity index (χ3n) is 3.58. The highest BCUT2D eigenvalue weighted by Crippen LogP contribution is 2.32. The van der Waals surface area contributed by atoms with Gasteiger partial charge in [0.05, 0.1) is 29.9 Å². The van der Waals surface area contributed by atoms with Crippen LogP contribution in [0.25, 0.3) is 11.3 Å². The van der Waals surface area contributed by atoms with Crippen molar-refractivity contribution in [3.63, 3.8) is 0 Å². The minimum Gasteiger partial charge on any atom is -0.496 e. The fourth-order valence-corrected chi connectivity index (χ4v) is 3.74. The van der Waals surface area contributed by atoms with Gasteiger partial charge in [-0.2, -0.15) is 0 Å². The molecule has 0 aliphatic heterocycles. The number of aromatic nitrogens is 1. The van der Waals surface area contributed by atoms with E-state index in [1.807, 2.05) is 23.6 Å². The molecule has 1 N–H and O–H groups in total. The average Bonchev–Trinajstić information content (AvgIpc) is 3.10. The van der Waals surface area contributed by atoms with Gasteiger partial charge in [0.25, 0.3) is 5.91 Å². The van der Waals surface area contributed by atoms with E-state index < -0.39 is 0 Å². The molecule has 3 rings (SSSR count). The maximum absolute atomic E-state index is 12.5. The molecule has 0 unspecified atom stereocenters. The highest BCUT2D eigenvalue weighted by atomic mass is 79.9. The predicted molar refractivity (Wildman–Crippen MR) is 108 cm³/mol. The van der Waals surface area contributed by atoms with Crippen LogP contribution >= 0.6 is 38.9 Å². The summed E-state index contributed by atoms with van der Waals surface area (Å²) in [5.74, 6) is 0.856. The van der Waals surface area contributed by atoms with E-state index in [-0.39, 0.29) is 5.91 Å². The number of nitrogens with zero attached hydrogens (tertiary/aromatic N) is 1. The summed E-state index contributed by atoms with van der Waals surface area (Å²) >= 11 is 10.8. The number of nitrogens with one attached hydrogen (secondary N) is 1. The van der Waals surface area contributed by atoms with Crippen LogP contribution in [0.1, 0.15) is 10.4 Å². The van der Waals surface area contributed by atoms with Crippen molar-refractivity contribution >= 4 is 49.9 Å². The number of carbonyl (C=O) groups is 1. The molecule has 0 saturated carbocycles. The fraction of sp³-hybridized carbons (Fsp3) is 0.111. The standard InChI is InChI=1S/C18H14BrClN2O3S/c1-24-15-6-4-11(20)8-12(15)17(23)22-18-21-14(9-26-18)10-3-5-16(25-2)13(19)7-10/h3-9H,1-2H3,(H,21,22,23). The number of thiazole rings is 1. The molecule has 1 amide bonds. The molecule has 0 fully saturated rings. The van der Waals surface area contributed by atoms with Crippen molar-refractivity contribution in [2.75, 3.05) is 19.5 Å². The van der Waals surface area contributed by atoms with Gasteiger partial charge in [-0.25, -0.2) is 4.98 Å². The zero-order chi connectivity index (χ0) is 18.7. The molecule has 26 heavy (non-hydrogen) atoms. The lowest BCUT2D eigenvalue weighted by atomic mass is 10.2. The number of methoxy groups -OCH3 is 2. The lowest BCUT2D eigenvalue weighted by Gasteiger charge is -2.08. The summed E-state index contributed by atoms with van der Waals surface area (Å²) in [7, 11) is 3.11. The van der Waals surface area contributed by atoms with Crippen LogP contribution in [0.4, 0.5) is 5.13 Å². The zero-order valence-electron chi connectivity index (χ0n) is 13.9. The molecule has 5 nitrogen and oxygen atoms in total. The maximum Gasteiger partial charge on any atom is 0.261 e. The Hall–Kier alpha value is -2.09. The highest BCUT2D eigenvalue weighted by molar-refractivity contribution is 9.10. The number of hydrogen-bond donors (Lipinski definition) is 1. The summed E-state index contributed by atoms with van der Waals surface area (Å²) in [6.45, 7) is 0. The van der Waals surface area contributed by atoms with E-state index in [1.165, 1.54) is 18.4 Å². The molecule has 0 atom stereocenters. The quantitative estimate of drug-likeness (QED) is 0.554. The predicted octanol–water partition coefficient (Wildman–Crippen LogP) is 5.50. The largest absolute Gasteiger partial charge is 0.496 e. The highest BCUT2D eigenvalue weighted by Gasteiger charge is 2.15. The van der Waals surface area contributed by atoms with Gasteiger partial charge in [0.2, 0.25) is 0 Å². The van der Waals surface area contributed by atoms with Crippen LogP contribution in [-0.4, -0.2) is 25.1 Å². The third-order valence-corrected chi connectivity index (χ3v) is 5.19. The summed E-state index contributed by atoms with van der Waals surface area (Å²) in [4.78, 5) is 17.0. The first-order valence-corrected chi connectivity index (χ1v) is 9.51. The number of rotatable bonds is 5. The summed E-state index contributed by atoms with van der Waals surface area (Å²) < 4.78 is 11.3. The van der Waals surface area contributed by atoms with Crippen molar-refractivity contribution in [2.45, 2.75) is 0 Å². The molecule has 1 aromatic heterocycles. The van der Waals surface area contributed by atoms with Crippen LogP contribution in [0.2, 0.25) is 5.02 Å². The van der Waals surface area contributed by atoms with E-state index in [2.05, 4.69) is 26.2 Å². The van der Waals surface area contributed by atoms with E-state index in [0.717, 1.165) is 21.5 Å². The Labute approximate surface area is 168 Å². The van der Waals surface area contributed by atoms with Gasteiger partial charge in [-0.15, -0.1) is 11.3 Å². The van der Waals surface area contributed by atoms with Crippen molar-refractivity contribution in [2.24, 2.45) is 0 Å².